The molecule has 0 radical (unpaired) electrons. The van der Waals surface area contributed by atoms with Crippen molar-refractivity contribution in [2.75, 3.05) is 0 Å². The lowest BCUT2D eigenvalue weighted by atomic mass is 10.1. The molecule has 4 N–H and O–H groups in total. The number of rotatable bonds is 5. The second-order valence-corrected chi connectivity index (χ2v) is 5.53. The molecule has 19 heavy (non-hydrogen) atoms. The smallest absolute Gasteiger partial charge is 0.326 e. The van der Waals surface area contributed by atoms with Crippen molar-refractivity contribution in [3.8, 4) is 0 Å². The third-order valence-corrected chi connectivity index (χ3v) is 3.40. The van der Waals surface area contributed by atoms with E-state index in [1.54, 1.807) is 6.20 Å². The Bertz CT molecular complexity index is 469. The molecule has 0 spiro atoms. The summed E-state index contributed by atoms with van der Waals surface area (Å²) in [5.41, 5.74) is 0.777. The summed E-state index contributed by atoms with van der Waals surface area (Å²) in [5, 5.41) is 14.3. The van der Waals surface area contributed by atoms with Gasteiger partial charge in [-0.2, -0.15) is 0 Å². The van der Waals surface area contributed by atoms with E-state index in [0.29, 0.717) is 5.69 Å². The van der Waals surface area contributed by atoms with E-state index in [4.69, 9.17) is 5.11 Å². The fraction of sp³-hybridized carbons (Fsp3) is 0.583. The molecule has 7 heteroatoms. The van der Waals surface area contributed by atoms with Crippen LogP contribution in [0.5, 0.6) is 0 Å². The van der Waals surface area contributed by atoms with E-state index in [1.165, 1.54) is 6.33 Å². The van der Waals surface area contributed by atoms with Gasteiger partial charge >= 0.3 is 12.0 Å². The lowest BCUT2D eigenvalue weighted by Gasteiger charge is -2.15. The van der Waals surface area contributed by atoms with Crippen molar-refractivity contribution in [3.05, 3.63) is 18.2 Å². The van der Waals surface area contributed by atoms with Crippen LogP contribution in [0.2, 0.25) is 0 Å². The monoisotopic (exact) mass is 266 g/mol. The molecule has 0 aromatic carbocycles. The van der Waals surface area contributed by atoms with E-state index in [0.717, 1.165) is 6.42 Å². The highest BCUT2D eigenvalue weighted by Gasteiger charge is 2.46. The van der Waals surface area contributed by atoms with Crippen molar-refractivity contribution in [2.24, 2.45) is 5.41 Å². The van der Waals surface area contributed by atoms with Crippen LogP contribution in [0.1, 0.15) is 26.0 Å². The van der Waals surface area contributed by atoms with Gasteiger partial charge in [-0.25, -0.2) is 14.6 Å². The fourth-order valence-corrected chi connectivity index (χ4v) is 1.89. The number of aromatic amines is 1. The third kappa shape index (κ3) is 3.46. The Kier molecular flexibility index (Phi) is 3.46. The molecule has 1 aromatic heterocycles. The van der Waals surface area contributed by atoms with Gasteiger partial charge in [0.25, 0.3) is 0 Å². The molecule has 104 valence electrons. The predicted octanol–water partition coefficient (Wildman–Crippen LogP) is 0.503. The predicted molar refractivity (Wildman–Crippen MR) is 67.6 cm³/mol. The molecule has 1 saturated carbocycles. The van der Waals surface area contributed by atoms with Gasteiger partial charge in [0.15, 0.2) is 0 Å². The van der Waals surface area contributed by atoms with Crippen LogP contribution in [0, 0.1) is 5.41 Å². The van der Waals surface area contributed by atoms with E-state index in [-0.39, 0.29) is 17.9 Å². The van der Waals surface area contributed by atoms with Crippen molar-refractivity contribution < 1.29 is 14.7 Å². The van der Waals surface area contributed by atoms with E-state index >= 15 is 0 Å². The Morgan fingerprint density at radius 3 is 2.79 bits per heavy atom. The number of carbonyl (C=O) groups excluding carboxylic acids is 1. The summed E-state index contributed by atoms with van der Waals surface area (Å²) in [4.78, 5) is 29.5. The van der Waals surface area contributed by atoms with Crippen molar-refractivity contribution in [2.45, 2.75) is 38.8 Å². The van der Waals surface area contributed by atoms with Gasteiger partial charge in [0.05, 0.1) is 6.33 Å². The topological polar surface area (TPSA) is 107 Å². The maximum Gasteiger partial charge on any atom is 0.326 e. The highest BCUT2D eigenvalue weighted by molar-refractivity contribution is 5.83. The van der Waals surface area contributed by atoms with Gasteiger partial charge < -0.3 is 20.7 Å². The van der Waals surface area contributed by atoms with Gasteiger partial charge in [0.1, 0.15) is 6.04 Å². The van der Waals surface area contributed by atoms with Crippen LogP contribution in [-0.4, -0.2) is 39.2 Å². The maximum absolute atomic E-state index is 11.7. The Balaban J connectivity index is 1.86. The van der Waals surface area contributed by atoms with Gasteiger partial charge in [-0.3, -0.25) is 0 Å². The van der Waals surface area contributed by atoms with Gasteiger partial charge in [-0.1, -0.05) is 13.8 Å². The van der Waals surface area contributed by atoms with Crippen LogP contribution in [0.15, 0.2) is 12.5 Å². The summed E-state index contributed by atoms with van der Waals surface area (Å²) in [5.74, 6) is -1.07. The van der Waals surface area contributed by atoms with Gasteiger partial charge in [-0.15, -0.1) is 0 Å². The second-order valence-electron chi connectivity index (χ2n) is 5.53. The first-order chi connectivity index (χ1) is 8.88. The molecule has 2 atom stereocenters. The van der Waals surface area contributed by atoms with E-state index in [1.807, 2.05) is 0 Å². The lowest BCUT2D eigenvalue weighted by molar-refractivity contribution is -0.139. The number of carbonyl (C=O) groups is 2. The first-order valence-corrected chi connectivity index (χ1v) is 6.15. The standard InChI is InChI=1S/C12H18N4O3/c1-12(2)4-9(12)16-11(19)15-8(10(17)18)3-7-5-13-6-14-7/h5-6,8-9H,3-4H2,1-2H3,(H,13,14)(H,17,18)(H2,15,16,19). The molecule has 0 bridgehead atoms. The Labute approximate surface area is 110 Å². The normalized spacial score (nSPS) is 21.5. The van der Waals surface area contributed by atoms with Crippen LogP contribution < -0.4 is 10.6 Å². The molecule has 7 nitrogen and oxygen atoms in total. The molecule has 2 amide bonds. The van der Waals surface area contributed by atoms with Crippen molar-refractivity contribution in [1.29, 1.82) is 0 Å². The molecule has 1 heterocycles. The zero-order valence-corrected chi connectivity index (χ0v) is 10.9. The van der Waals surface area contributed by atoms with Gasteiger partial charge in [0.2, 0.25) is 0 Å². The molecular weight excluding hydrogens is 248 g/mol. The molecule has 1 aromatic rings. The number of H-pyrrole nitrogens is 1. The van der Waals surface area contributed by atoms with E-state index < -0.39 is 18.0 Å². The van der Waals surface area contributed by atoms with Gasteiger partial charge in [-0.05, 0) is 11.8 Å². The number of imidazole rings is 1. The Morgan fingerprint density at radius 2 is 2.32 bits per heavy atom. The second kappa shape index (κ2) is 4.91. The number of nitrogens with zero attached hydrogens (tertiary/aromatic N) is 1. The first-order valence-electron chi connectivity index (χ1n) is 6.15. The number of amides is 2. The average Bonchev–Trinajstić information content (AvgIpc) is 2.75. The molecule has 1 aliphatic rings. The summed E-state index contributed by atoms with van der Waals surface area (Å²) in [7, 11) is 0. The van der Waals surface area contributed by atoms with Crippen LogP contribution >= 0.6 is 0 Å². The average molecular weight is 266 g/mol. The van der Waals surface area contributed by atoms with Crippen LogP contribution in [0.25, 0.3) is 0 Å². The summed E-state index contributed by atoms with van der Waals surface area (Å²) in [6, 6.07) is -1.29. The number of aliphatic carboxylic acids is 1. The number of urea groups is 1. The van der Waals surface area contributed by atoms with Crippen LogP contribution in [0.3, 0.4) is 0 Å². The summed E-state index contributed by atoms with van der Waals surface area (Å²) in [6.45, 7) is 4.11. The van der Waals surface area contributed by atoms with Crippen molar-refractivity contribution in [1.82, 2.24) is 20.6 Å². The largest absolute Gasteiger partial charge is 0.480 e. The zero-order valence-electron chi connectivity index (χ0n) is 10.9. The van der Waals surface area contributed by atoms with E-state index in [2.05, 4.69) is 34.4 Å². The number of nitrogens with one attached hydrogen (secondary N) is 3. The molecule has 2 unspecified atom stereocenters. The number of hydrogen-bond acceptors (Lipinski definition) is 3. The molecule has 0 saturated heterocycles. The summed E-state index contributed by atoms with van der Waals surface area (Å²) >= 11 is 0. The fourth-order valence-electron chi connectivity index (χ4n) is 1.89. The summed E-state index contributed by atoms with van der Waals surface area (Å²) < 4.78 is 0. The minimum atomic E-state index is -1.07. The third-order valence-electron chi connectivity index (χ3n) is 3.40. The Hall–Kier alpha value is -2.05. The molecule has 1 fully saturated rings. The van der Waals surface area contributed by atoms with Crippen molar-refractivity contribution >= 4 is 12.0 Å². The lowest BCUT2D eigenvalue weighted by Crippen LogP contribution is -2.48. The minimum Gasteiger partial charge on any atom is -0.480 e. The first kappa shape index (κ1) is 13.4. The van der Waals surface area contributed by atoms with E-state index in [9.17, 15) is 9.59 Å². The highest BCUT2D eigenvalue weighted by Crippen LogP contribution is 2.44. The quantitative estimate of drug-likeness (QED) is 0.622. The van der Waals surface area contributed by atoms with Crippen LogP contribution in [0.4, 0.5) is 4.79 Å². The number of carboxylic acids is 1. The van der Waals surface area contributed by atoms with Crippen molar-refractivity contribution in [3.63, 3.8) is 0 Å². The number of aromatic nitrogens is 2. The maximum atomic E-state index is 11.7. The molecule has 2 rings (SSSR count). The highest BCUT2D eigenvalue weighted by atomic mass is 16.4. The number of carboxylic acid groups (broad SMARTS) is 1. The minimum absolute atomic E-state index is 0.111. The van der Waals surface area contributed by atoms with Crippen LogP contribution in [-0.2, 0) is 11.2 Å². The number of hydrogen-bond donors (Lipinski definition) is 4. The molecule has 1 aliphatic carbocycles. The Morgan fingerprint density at radius 1 is 1.63 bits per heavy atom. The molecular formula is C12H18N4O3. The SMILES string of the molecule is CC1(C)CC1NC(=O)NC(Cc1cnc[nH]1)C(=O)O. The van der Waals surface area contributed by atoms with Gasteiger partial charge in [0, 0.05) is 24.4 Å². The summed E-state index contributed by atoms with van der Waals surface area (Å²) in [6.07, 6.45) is 4.11. The zero-order chi connectivity index (χ0) is 14.0. The molecule has 0 aliphatic heterocycles.